The molecule has 1 aromatic heterocycles. The summed E-state index contributed by atoms with van der Waals surface area (Å²) in [6.45, 7) is 0.854. The van der Waals surface area contributed by atoms with Crippen molar-refractivity contribution in [3.63, 3.8) is 0 Å². The third-order valence-electron chi connectivity index (χ3n) is 3.24. The number of hydrogen-bond donors (Lipinski definition) is 0. The van der Waals surface area contributed by atoms with Crippen LogP contribution in [0.25, 0.3) is 0 Å². The van der Waals surface area contributed by atoms with E-state index in [1.54, 1.807) is 13.3 Å². The number of nitrogens with zero attached hydrogens (tertiary/aromatic N) is 2. The second-order valence-corrected chi connectivity index (χ2v) is 4.28. The molecule has 1 aliphatic rings. The number of anilines is 1. The number of methoxy groups -OCH3 is 2. The zero-order chi connectivity index (χ0) is 13.0. The van der Waals surface area contributed by atoms with Crippen molar-refractivity contribution in [1.29, 1.82) is 0 Å². The van der Waals surface area contributed by atoms with Gasteiger partial charge < -0.3 is 14.4 Å². The molecule has 1 aliphatic heterocycles. The first-order chi connectivity index (χ1) is 8.76. The van der Waals surface area contributed by atoms with E-state index in [1.165, 1.54) is 7.11 Å². The van der Waals surface area contributed by atoms with Crippen LogP contribution in [-0.4, -0.2) is 37.8 Å². The minimum Gasteiger partial charge on any atom is -0.481 e. The van der Waals surface area contributed by atoms with Gasteiger partial charge >= 0.3 is 5.97 Å². The number of rotatable bonds is 3. The Morgan fingerprint density at radius 2 is 2.28 bits per heavy atom. The molecule has 98 valence electrons. The number of esters is 1. The van der Waals surface area contributed by atoms with Gasteiger partial charge in [0, 0.05) is 24.5 Å². The molecule has 1 fully saturated rings. The molecule has 0 saturated carbocycles. The zero-order valence-electron chi connectivity index (χ0n) is 10.8. The lowest BCUT2D eigenvalue weighted by molar-refractivity contribution is -0.142. The van der Waals surface area contributed by atoms with E-state index in [1.807, 2.05) is 12.1 Å². The van der Waals surface area contributed by atoms with Gasteiger partial charge in [-0.15, -0.1) is 0 Å². The Balaban J connectivity index is 2.24. The van der Waals surface area contributed by atoms with Crippen LogP contribution in [0.4, 0.5) is 5.69 Å². The Bertz CT molecular complexity index is 422. The van der Waals surface area contributed by atoms with Crippen LogP contribution in [0, 0.1) is 0 Å². The number of aromatic nitrogens is 1. The predicted octanol–water partition coefficient (Wildman–Crippen LogP) is 1.62. The predicted molar refractivity (Wildman–Crippen MR) is 67.8 cm³/mol. The SMILES string of the molecule is COC(=O)C1CCCCN1c1ccnc(OC)c1. The number of hydrogen-bond acceptors (Lipinski definition) is 5. The maximum absolute atomic E-state index is 11.8. The van der Waals surface area contributed by atoms with Crippen LogP contribution in [0.5, 0.6) is 5.88 Å². The van der Waals surface area contributed by atoms with E-state index >= 15 is 0 Å². The molecule has 2 rings (SSSR count). The molecule has 5 heteroatoms. The molecular formula is C13H18N2O3. The molecule has 0 N–H and O–H groups in total. The molecule has 0 aromatic carbocycles. The van der Waals surface area contributed by atoms with Crippen molar-refractivity contribution in [3.05, 3.63) is 18.3 Å². The molecule has 0 amide bonds. The molecule has 1 saturated heterocycles. The molecule has 18 heavy (non-hydrogen) atoms. The monoisotopic (exact) mass is 250 g/mol. The van der Waals surface area contributed by atoms with Crippen molar-refractivity contribution in [2.24, 2.45) is 0 Å². The third kappa shape index (κ3) is 2.55. The molecule has 0 bridgehead atoms. The fourth-order valence-corrected chi connectivity index (χ4v) is 2.31. The van der Waals surface area contributed by atoms with Gasteiger partial charge in [0.15, 0.2) is 0 Å². The smallest absolute Gasteiger partial charge is 0.328 e. The van der Waals surface area contributed by atoms with Gasteiger partial charge in [0.1, 0.15) is 6.04 Å². The molecule has 0 spiro atoms. The average molecular weight is 250 g/mol. The van der Waals surface area contributed by atoms with E-state index < -0.39 is 0 Å². The van der Waals surface area contributed by atoms with E-state index in [9.17, 15) is 4.79 Å². The van der Waals surface area contributed by atoms with Gasteiger partial charge in [-0.25, -0.2) is 9.78 Å². The fourth-order valence-electron chi connectivity index (χ4n) is 2.31. The topological polar surface area (TPSA) is 51.7 Å². The number of carbonyl (C=O) groups is 1. The summed E-state index contributed by atoms with van der Waals surface area (Å²) in [4.78, 5) is 17.9. The van der Waals surface area contributed by atoms with E-state index in [0.717, 1.165) is 31.5 Å². The highest BCUT2D eigenvalue weighted by Gasteiger charge is 2.29. The van der Waals surface area contributed by atoms with Crippen LogP contribution < -0.4 is 9.64 Å². The van der Waals surface area contributed by atoms with Crippen molar-refractivity contribution in [2.45, 2.75) is 25.3 Å². The van der Waals surface area contributed by atoms with Crippen molar-refractivity contribution < 1.29 is 14.3 Å². The van der Waals surface area contributed by atoms with E-state index in [0.29, 0.717) is 5.88 Å². The average Bonchev–Trinajstić information content (AvgIpc) is 2.46. The van der Waals surface area contributed by atoms with Crippen LogP contribution in [-0.2, 0) is 9.53 Å². The number of ether oxygens (including phenoxy) is 2. The summed E-state index contributed by atoms with van der Waals surface area (Å²) >= 11 is 0. The van der Waals surface area contributed by atoms with Crippen LogP contribution in [0.2, 0.25) is 0 Å². The second-order valence-electron chi connectivity index (χ2n) is 4.28. The van der Waals surface area contributed by atoms with Crippen LogP contribution in [0.3, 0.4) is 0 Å². The van der Waals surface area contributed by atoms with Crippen LogP contribution in [0.1, 0.15) is 19.3 Å². The fraction of sp³-hybridized carbons (Fsp3) is 0.538. The van der Waals surface area contributed by atoms with Crippen LogP contribution >= 0.6 is 0 Å². The summed E-state index contributed by atoms with van der Waals surface area (Å²) < 4.78 is 9.98. The standard InChI is InChI=1S/C13H18N2O3/c1-17-12-9-10(6-7-14-12)15-8-4-3-5-11(15)13(16)18-2/h6-7,9,11H,3-5,8H2,1-2H3. The largest absolute Gasteiger partial charge is 0.481 e. The lowest BCUT2D eigenvalue weighted by Gasteiger charge is -2.35. The van der Waals surface area contributed by atoms with Gasteiger partial charge in [-0.2, -0.15) is 0 Å². The summed E-state index contributed by atoms with van der Waals surface area (Å²) in [5, 5.41) is 0. The number of pyridine rings is 1. The molecule has 1 atom stereocenters. The number of piperidine rings is 1. The van der Waals surface area contributed by atoms with Crippen LogP contribution in [0.15, 0.2) is 18.3 Å². The molecule has 0 aliphatic carbocycles. The second kappa shape index (κ2) is 5.71. The van der Waals surface area contributed by atoms with E-state index in [4.69, 9.17) is 9.47 Å². The lowest BCUT2D eigenvalue weighted by Crippen LogP contribution is -2.45. The molecular weight excluding hydrogens is 232 g/mol. The maximum atomic E-state index is 11.8. The maximum Gasteiger partial charge on any atom is 0.328 e. The van der Waals surface area contributed by atoms with Crippen molar-refractivity contribution >= 4 is 11.7 Å². The molecule has 2 heterocycles. The first-order valence-electron chi connectivity index (χ1n) is 6.10. The minimum absolute atomic E-state index is 0.175. The Morgan fingerprint density at radius 1 is 1.44 bits per heavy atom. The Labute approximate surface area is 107 Å². The summed E-state index contributed by atoms with van der Waals surface area (Å²) in [6.07, 6.45) is 4.66. The highest BCUT2D eigenvalue weighted by molar-refractivity contribution is 5.80. The van der Waals surface area contributed by atoms with Crippen molar-refractivity contribution in [2.75, 3.05) is 25.7 Å². The van der Waals surface area contributed by atoms with Gasteiger partial charge in [-0.1, -0.05) is 0 Å². The first kappa shape index (κ1) is 12.7. The quantitative estimate of drug-likeness (QED) is 0.763. The summed E-state index contributed by atoms with van der Waals surface area (Å²) in [6, 6.07) is 3.54. The van der Waals surface area contributed by atoms with Gasteiger partial charge in [-0.05, 0) is 25.3 Å². The summed E-state index contributed by atoms with van der Waals surface area (Å²) in [5.41, 5.74) is 0.956. The zero-order valence-corrected chi connectivity index (χ0v) is 10.8. The van der Waals surface area contributed by atoms with E-state index in [2.05, 4.69) is 9.88 Å². The molecule has 0 radical (unpaired) electrons. The van der Waals surface area contributed by atoms with Gasteiger partial charge in [0.25, 0.3) is 0 Å². The molecule has 1 unspecified atom stereocenters. The van der Waals surface area contributed by atoms with E-state index in [-0.39, 0.29) is 12.0 Å². The molecule has 5 nitrogen and oxygen atoms in total. The van der Waals surface area contributed by atoms with Crippen molar-refractivity contribution in [1.82, 2.24) is 4.98 Å². The summed E-state index contributed by atoms with van der Waals surface area (Å²) in [5.74, 6) is 0.382. The first-order valence-corrected chi connectivity index (χ1v) is 6.10. The summed E-state index contributed by atoms with van der Waals surface area (Å²) in [7, 11) is 3.02. The third-order valence-corrected chi connectivity index (χ3v) is 3.24. The van der Waals surface area contributed by atoms with Crippen molar-refractivity contribution in [3.8, 4) is 5.88 Å². The highest BCUT2D eigenvalue weighted by atomic mass is 16.5. The Morgan fingerprint density at radius 3 is 3.00 bits per heavy atom. The van der Waals surface area contributed by atoms with Gasteiger partial charge in [0.05, 0.1) is 14.2 Å². The highest BCUT2D eigenvalue weighted by Crippen LogP contribution is 2.27. The normalized spacial score (nSPS) is 19.4. The minimum atomic E-state index is -0.198. The Hall–Kier alpha value is -1.78. The molecule has 1 aromatic rings. The van der Waals surface area contributed by atoms with Gasteiger partial charge in [-0.3, -0.25) is 0 Å². The number of carbonyl (C=O) groups excluding carboxylic acids is 1. The Kier molecular flexibility index (Phi) is 4.02. The lowest BCUT2D eigenvalue weighted by atomic mass is 10.0. The van der Waals surface area contributed by atoms with Gasteiger partial charge in [0.2, 0.25) is 5.88 Å².